The summed E-state index contributed by atoms with van der Waals surface area (Å²) in [7, 11) is 7.56. The van der Waals surface area contributed by atoms with Gasteiger partial charge in [-0.3, -0.25) is 38.5 Å². The van der Waals surface area contributed by atoms with Crippen molar-refractivity contribution in [3.05, 3.63) is 0 Å². The molecule has 25 heteroatoms. The monoisotopic (exact) mass is 1450 g/mol. The van der Waals surface area contributed by atoms with Crippen LogP contribution in [0.3, 0.4) is 0 Å². The predicted octanol–water partition coefficient (Wildman–Crippen LogP) is 5.88. The van der Waals surface area contributed by atoms with Crippen molar-refractivity contribution < 1.29 is 42.0 Å². The van der Waals surface area contributed by atoms with Gasteiger partial charge < -0.3 is 64.5 Å². The third kappa shape index (κ3) is 42.0. The molecule has 0 bridgehead atoms. The highest BCUT2D eigenvalue weighted by atomic mass is 32.2. The van der Waals surface area contributed by atoms with E-state index in [-0.39, 0.29) is 53.2 Å². The first-order valence-electron chi connectivity index (χ1n) is 39.0. The zero-order valence-electron chi connectivity index (χ0n) is 68.8. The van der Waals surface area contributed by atoms with Gasteiger partial charge in [-0.2, -0.15) is 4.31 Å². The summed E-state index contributed by atoms with van der Waals surface area (Å²) in [5.74, 6) is 4.81. The number of piperidine rings is 3. The van der Waals surface area contributed by atoms with Crippen molar-refractivity contribution in [2.75, 3.05) is 225 Å². The van der Waals surface area contributed by atoms with Crippen LogP contribution in [0.15, 0.2) is 0 Å². The van der Waals surface area contributed by atoms with Gasteiger partial charge in [0, 0.05) is 212 Å². The van der Waals surface area contributed by atoms with Gasteiger partial charge in [0.05, 0.1) is 6.26 Å². The van der Waals surface area contributed by atoms with Gasteiger partial charge >= 0.3 is 0 Å². The highest BCUT2D eigenvalue weighted by Crippen LogP contribution is 2.18. The minimum Gasteiger partial charge on any atom is -0.353 e. The highest BCUT2D eigenvalue weighted by Gasteiger charge is 2.28. The van der Waals surface area contributed by atoms with Crippen LogP contribution in [0.1, 0.15) is 163 Å². The lowest BCUT2D eigenvalue weighted by molar-refractivity contribution is -0.136. The second kappa shape index (κ2) is 50.4. The third-order valence-corrected chi connectivity index (χ3v) is 20.9. The normalized spacial score (nSPS) is 20.4. The molecular formula is C76H153N15O9S. The molecule has 0 saturated carbocycles. The molecule has 0 aromatic rings. The van der Waals surface area contributed by atoms with Gasteiger partial charge in [-0.25, -0.2) is 8.42 Å². The Morgan fingerprint density at radius 3 is 0.792 bits per heavy atom. The molecule has 7 amide bonds. The molecule has 592 valence electrons. The average Bonchev–Trinajstić information content (AvgIpc) is 0.884. The number of carbonyl (C=O) groups is 7. The van der Waals surface area contributed by atoms with E-state index in [9.17, 15) is 42.0 Å². The van der Waals surface area contributed by atoms with Crippen LogP contribution >= 0.6 is 0 Å². The van der Waals surface area contributed by atoms with E-state index in [4.69, 9.17) is 0 Å². The summed E-state index contributed by atoms with van der Waals surface area (Å²) in [5.41, 5.74) is 0. The minimum atomic E-state index is -2.97. The molecule has 2 N–H and O–H groups in total. The molecule has 0 radical (unpaired) electrons. The molecule has 0 aliphatic carbocycles. The number of hydrogen-bond acceptors (Lipinski definition) is 16. The summed E-state index contributed by atoms with van der Waals surface area (Å²) in [6.45, 7) is 63.1. The number of nitrogens with one attached hydrogen (secondary N) is 2. The molecule has 101 heavy (non-hydrogen) atoms. The van der Waals surface area contributed by atoms with E-state index in [1.165, 1.54) is 19.1 Å². The number of piperazine rings is 5. The Labute approximate surface area is 617 Å². The number of hydrogen-bond donors (Lipinski definition) is 2. The number of nitrogens with zero attached hydrogens (tertiary/aromatic N) is 13. The fourth-order valence-electron chi connectivity index (χ4n) is 12.3. The largest absolute Gasteiger partial charge is 0.353 e. The Kier molecular flexibility index (Phi) is 47.4. The summed E-state index contributed by atoms with van der Waals surface area (Å²) in [4.78, 5) is 106. The van der Waals surface area contributed by atoms with E-state index in [2.05, 4.69) is 115 Å². The van der Waals surface area contributed by atoms with Crippen LogP contribution in [-0.4, -0.2) is 350 Å². The minimum absolute atomic E-state index is 0.111. The standard InChI is InChI=1S/3C10H20N2O.C10H19NO.C9H20N2O2S.3C9H18N2O/c1-9(2)8-11-4-6-12(7-5-11)10(3)13;2*1-8(2)10(13)11-9-4-6-12(3)7-5-9;1-8(2)10(12)11-6-4-9(3)5-7-11;1-9(2)8-10-4-6-11(7-5-10)14(3,12)13;3*1-8(2)9(12)11-6-4-10(3)5-7-11/h9H,4-8H2,1-3H3;2*8-9H,4-7H2,1-3H3,(H,11,13);8-9H,4-7H2,1-3H3;9H,4-8H2,1-3H3;3*8H,4-7H2,1-3H3. The summed E-state index contributed by atoms with van der Waals surface area (Å²) >= 11 is 0. The van der Waals surface area contributed by atoms with Gasteiger partial charge in [0.15, 0.2) is 0 Å². The van der Waals surface area contributed by atoms with E-state index in [0.717, 1.165) is 208 Å². The topological polar surface area (TPSA) is 220 Å². The molecule has 24 nitrogen and oxygen atoms in total. The molecule has 0 spiro atoms. The molecule has 8 fully saturated rings. The molecule has 8 heterocycles. The average molecular weight is 1450 g/mol. The van der Waals surface area contributed by atoms with Gasteiger partial charge in [0.2, 0.25) is 51.4 Å². The number of likely N-dealkylation sites (tertiary alicyclic amines) is 3. The van der Waals surface area contributed by atoms with Crippen molar-refractivity contribution >= 4 is 51.4 Å². The van der Waals surface area contributed by atoms with Crippen LogP contribution in [0.4, 0.5) is 0 Å². The summed E-state index contributed by atoms with van der Waals surface area (Å²) < 4.78 is 24.0. The van der Waals surface area contributed by atoms with E-state index in [1.807, 2.05) is 108 Å². The number of rotatable bonds is 13. The highest BCUT2D eigenvalue weighted by molar-refractivity contribution is 7.88. The summed E-state index contributed by atoms with van der Waals surface area (Å²) in [6.07, 6.45) is 8.01. The SMILES string of the molecule is CC(=O)N1CCN(CC(C)C)CC1.CC(C)C(=O)N1CCN(C)CC1.CC(C)C(=O)N1CCN(C)CC1.CC(C)C(=O)N1CCN(C)CC1.CC(C)C(=O)NC1CCN(C)CC1.CC(C)C(=O)NC1CCN(C)CC1.CC(C)CN1CCN(S(C)(=O)=O)CC1.CC1CCN(C(=O)C(C)C)CC1. The first kappa shape index (κ1) is 94.9. The van der Waals surface area contributed by atoms with E-state index in [1.54, 1.807) is 11.2 Å². The smallest absolute Gasteiger partial charge is 0.225 e. The maximum atomic E-state index is 11.5. The Balaban J connectivity index is 0.000000577. The van der Waals surface area contributed by atoms with Gasteiger partial charge in [0.25, 0.3) is 0 Å². The lowest BCUT2D eigenvalue weighted by Gasteiger charge is -2.34. The molecule has 0 atom stereocenters. The lowest BCUT2D eigenvalue weighted by Crippen LogP contribution is -2.49. The molecule has 8 aliphatic rings. The third-order valence-electron chi connectivity index (χ3n) is 19.6. The lowest BCUT2D eigenvalue weighted by atomic mass is 9.98. The van der Waals surface area contributed by atoms with Crippen molar-refractivity contribution in [1.82, 2.24) is 73.7 Å². The number of likely N-dealkylation sites (N-methyl/N-ethyl adjacent to an activating group) is 3. The van der Waals surface area contributed by atoms with Gasteiger partial charge in [0.1, 0.15) is 0 Å². The predicted molar refractivity (Wildman–Crippen MR) is 415 cm³/mol. The zero-order chi connectivity index (χ0) is 76.9. The Hall–Kier alpha value is -4.08. The van der Waals surface area contributed by atoms with Gasteiger partial charge in [-0.05, 0) is 118 Å². The Morgan fingerprint density at radius 2 is 0.564 bits per heavy atom. The van der Waals surface area contributed by atoms with Gasteiger partial charge in [-0.1, -0.05) is 118 Å². The molecular weight excluding hydrogens is 1300 g/mol. The van der Waals surface area contributed by atoms with Crippen LogP contribution in [0.2, 0.25) is 0 Å². The molecule has 8 aliphatic heterocycles. The fourth-order valence-corrected chi connectivity index (χ4v) is 13.2. The van der Waals surface area contributed by atoms with Crippen LogP contribution < -0.4 is 10.6 Å². The fraction of sp³-hybridized carbons (Fsp3) is 0.908. The number of carbonyl (C=O) groups excluding carboxylic acids is 7. The van der Waals surface area contributed by atoms with Crippen molar-refractivity contribution in [2.45, 2.75) is 175 Å². The first-order chi connectivity index (χ1) is 47.1. The molecule has 0 aromatic carbocycles. The van der Waals surface area contributed by atoms with E-state index in [0.29, 0.717) is 54.7 Å². The quantitative estimate of drug-likeness (QED) is 0.220. The van der Waals surface area contributed by atoms with E-state index < -0.39 is 10.0 Å². The summed E-state index contributed by atoms with van der Waals surface area (Å²) in [5, 5.41) is 6.15. The Morgan fingerprint density at radius 1 is 0.327 bits per heavy atom. The Bertz CT molecular complexity index is 2220. The van der Waals surface area contributed by atoms with Crippen LogP contribution in [0, 0.1) is 53.3 Å². The van der Waals surface area contributed by atoms with Crippen LogP contribution in [0.25, 0.3) is 0 Å². The maximum absolute atomic E-state index is 11.5. The molecule has 0 unspecified atom stereocenters. The van der Waals surface area contributed by atoms with Crippen molar-refractivity contribution in [3.8, 4) is 0 Å². The number of amides is 7. The molecule has 8 rings (SSSR count). The zero-order valence-corrected chi connectivity index (χ0v) is 69.6. The van der Waals surface area contributed by atoms with Crippen LogP contribution in [-0.2, 0) is 43.6 Å². The second-order valence-electron chi connectivity index (χ2n) is 32.6. The van der Waals surface area contributed by atoms with Crippen molar-refractivity contribution in [3.63, 3.8) is 0 Å². The van der Waals surface area contributed by atoms with E-state index >= 15 is 0 Å². The summed E-state index contributed by atoms with van der Waals surface area (Å²) in [6, 6.07) is 0.817. The van der Waals surface area contributed by atoms with Gasteiger partial charge in [-0.15, -0.1) is 0 Å². The molecule has 8 saturated heterocycles. The second-order valence-corrected chi connectivity index (χ2v) is 34.5. The molecule has 0 aromatic heterocycles. The van der Waals surface area contributed by atoms with Crippen molar-refractivity contribution in [1.29, 1.82) is 0 Å². The van der Waals surface area contributed by atoms with Crippen LogP contribution in [0.5, 0.6) is 0 Å². The first-order valence-corrected chi connectivity index (χ1v) is 40.8. The maximum Gasteiger partial charge on any atom is 0.225 e. The van der Waals surface area contributed by atoms with Crippen molar-refractivity contribution in [2.24, 2.45) is 53.3 Å². The number of sulfonamides is 1.